The monoisotopic (exact) mass is 272 g/mol. The van der Waals surface area contributed by atoms with Crippen molar-refractivity contribution in [3.8, 4) is 11.5 Å². The molecule has 0 fully saturated rings. The smallest absolute Gasteiger partial charge is 0.255 e. The lowest BCUT2D eigenvalue weighted by Gasteiger charge is -2.11. The molecule has 5 heteroatoms. The fraction of sp³-hybridized carbons (Fsp3) is 0.133. The number of methoxy groups -OCH3 is 1. The first-order chi connectivity index (χ1) is 9.51. The molecule has 0 bridgehead atoms. The Labute approximate surface area is 117 Å². The number of carbonyl (C=O) groups excluding carboxylic acids is 1. The van der Waals surface area contributed by atoms with Crippen LogP contribution in [0, 0.1) is 6.92 Å². The van der Waals surface area contributed by atoms with Gasteiger partial charge in [-0.2, -0.15) is 0 Å². The molecular formula is C15H16N2O3. The second-order valence-electron chi connectivity index (χ2n) is 4.42. The van der Waals surface area contributed by atoms with E-state index in [1.807, 2.05) is 0 Å². The van der Waals surface area contributed by atoms with Gasteiger partial charge in [0.2, 0.25) is 0 Å². The van der Waals surface area contributed by atoms with Gasteiger partial charge >= 0.3 is 0 Å². The molecule has 0 saturated carbocycles. The van der Waals surface area contributed by atoms with Crippen LogP contribution in [0.5, 0.6) is 11.5 Å². The molecule has 0 unspecified atom stereocenters. The van der Waals surface area contributed by atoms with Crippen molar-refractivity contribution in [3.63, 3.8) is 0 Å². The van der Waals surface area contributed by atoms with Crippen LogP contribution in [0.25, 0.3) is 0 Å². The quantitative estimate of drug-likeness (QED) is 0.750. The number of aryl methyl sites for hydroxylation is 1. The van der Waals surface area contributed by atoms with Crippen LogP contribution < -0.4 is 15.8 Å². The largest absolute Gasteiger partial charge is 0.508 e. The summed E-state index contributed by atoms with van der Waals surface area (Å²) in [5.74, 6) is 0.392. The first kappa shape index (κ1) is 13.7. The van der Waals surface area contributed by atoms with Gasteiger partial charge in [-0.1, -0.05) is 0 Å². The third-order valence-electron chi connectivity index (χ3n) is 2.93. The second kappa shape index (κ2) is 5.52. The van der Waals surface area contributed by atoms with Crippen molar-refractivity contribution >= 4 is 17.3 Å². The summed E-state index contributed by atoms with van der Waals surface area (Å²) in [5.41, 5.74) is 7.82. The Hall–Kier alpha value is -2.69. The number of anilines is 2. The van der Waals surface area contributed by atoms with E-state index in [-0.39, 0.29) is 11.7 Å². The van der Waals surface area contributed by atoms with Crippen molar-refractivity contribution in [2.45, 2.75) is 6.92 Å². The molecule has 0 spiro atoms. The molecule has 0 saturated heterocycles. The van der Waals surface area contributed by atoms with Crippen molar-refractivity contribution in [1.29, 1.82) is 0 Å². The Kier molecular flexibility index (Phi) is 3.79. The number of carbonyl (C=O) groups is 1. The number of benzene rings is 2. The minimum absolute atomic E-state index is 0.156. The van der Waals surface area contributed by atoms with Gasteiger partial charge in [0.05, 0.1) is 12.8 Å². The SMILES string of the molecule is COc1ccc(N)cc1NC(=O)c1ccc(O)c(C)c1. The minimum Gasteiger partial charge on any atom is -0.508 e. The third-order valence-corrected chi connectivity index (χ3v) is 2.93. The van der Waals surface area contributed by atoms with Gasteiger partial charge in [0, 0.05) is 11.3 Å². The molecule has 5 nitrogen and oxygen atoms in total. The van der Waals surface area contributed by atoms with Crippen molar-refractivity contribution < 1.29 is 14.6 Å². The van der Waals surface area contributed by atoms with Crippen molar-refractivity contribution in [2.24, 2.45) is 0 Å². The average molecular weight is 272 g/mol. The van der Waals surface area contributed by atoms with E-state index in [9.17, 15) is 9.90 Å². The van der Waals surface area contributed by atoms with Crippen molar-refractivity contribution in [1.82, 2.24) is 0 Å². The van der Waals surface area contributed by atoms with E-state index in [0.29, 0.717) is 28.3 Å². The fourth-order valence-corrected chi connectivity index (χ4v) is 1.81. The lowest BCUT2D eigenvalue weighted by Crippen LogP contribution is -2.13. The summed E-state index contributed by atoms with van der Waals surface area (Å²) in [4.78, 5) is 12.2. The number of nitrogens with one attached hydrogen (secondary N) is 1. The molecule has 0 heterocycles. The number of phenolic OH excluding ortho intramolecular Hbond substituents is 1. The van der Waals surface area contributed by atoms with Gasteiger partial charge in [-0.05, 0) is 48.9 Å². The van der Waals surface area contributed by atoms with Gasteiger partial charge in [0.1, 0.15) is 11.5 Å². The number of aromatic hydroxyl groups is 1. The van der Waals surface area contributed by atoms with Crippen LogP contribution in [-0.2, 0) is 0 Å². The van der Waals surface area contributed by atoms with E-state index >= 15 is 0 Å². The Morgan fingerprint density at radius 1 is 1.25 bits per heavy atom. The molecule has 0 radical (unpaired) electrons. The van der Waals surface area contributed by atoms with E-state index in [1.54, 1.807) is 37.3 Å². The zero-order valence-electron chi connectivity index (χ0n) is 11.3. The summed E-state index contributed by atoms with van der Waals surface area (Å²) in [6.07, 6.45) is 0. The molecule has 0 aliphatic rings. The van der Waals surface area contributed by atoms with E-state index in [0.717, 1.165) is 0 Å². The fourth-order valence-electron chi connectivity index (χ4n) is 1.81. The number of hydrogen-bond acceptors (Lipinski definition) is 4. The van der Waals surface area contributed by atoms with Crippen LogP contribution in [0.3, 0.4) is 0 Å². The van der Waals surface area contributed by atoms with Crippen LogP contribution >= 0.6 is 0 Å². The number of phenols is 1. The summed E-state index contributed by atoms with van der Waals surface area (Å²) in [5, 5.41) is 12.2. The van der Waals surface area contributed by atoms with Gasteiger partial charge in [-0.25, -0.2) is 0 Å². The summed E-state index contributed by atoms with van der Waals surface area (Å²) in [6, 6.07) is 9.66. The number of hydrogen-bond donors (Lipinski definition) is 3. The molecule has 1 amide bonds. The van der Waals surface area contributed by atoms with Gasteiger partial charge in [-0.15, -0.1) is 0 Å². The first-order valence-electron chi connectivity index (χ1n) is 6.05. The number of ether oxygens (including phenoxy) is 1. The maximum atomic E-state index is 12.2. The molecule has 104 valence electrons. The highest BCUT2D eigenvalue weighted by Crippen LogP contribution is 2.27. The van der Waals surface area contributed by atoms with Gasteiger partial charge < -0.3 is 20.9 Å². The number of rotatable bonds is 3. The lowest BCUT2D eigenvalue weighted by atomic mass is 10.1. The van der Waals surface area contributed by atoms with Crippen LogP contribution in [0.4, 0.5) is 11.4 Å². The highest BCUT2D eigenvalue weighted by molar-refractivity contribution is 6.05. The summed E-state index contributed by atoms with van der Waals surface area (Å²) in [6.45, 7) is 1.73. The zero-order valence-corrected chi connectivity index (χ0v) is 11.3. The molecule has 0 aliphatic carbocycles. The topological polar surface area (TPSA) is 84.6 Å². The molecule has 2 rings (SSSR count). The molecule has 2 aromatic carbocycles. The zero-order chi connectivity index (χ0) is 14.7. The van der Waals surface area contributed by atoms with Gasteiger partial charge in [-0.3, -0.25) is 4.79 Å². The van der Waals surface area contributed by atoms with E-state index in [4.69, 9.17) is 10.5 Å². The normalized spacial score (nSPS) is 10.1. The van der Waals surface area contributed by atoms with Crippen molar-refractivity contribution in [3.05, 3.63) is 47.5 Å². The summed E-state index contributed by atoms with van der Waals surface area (Å²) < 4.78 is 5.17. The molecule has 0 atom stereocenters. The number of nitrogens with two attached hydrogens (primary N) is 1. The predicted octanol–water partition coefficient (Wildman–Crippen LogP) is 2.54. The number of nitrogen functional groups attached to an aromatic ring is 1. The summed E-state index contributed by atoms with van der Waals surface area (Å²) >= 11 is 0. The minimum atomic E-state index is -0.294. The highest BCUT2D eigenvalue weighted by atomic mass is 16.5. The number of amides is 1. The van der Waals surface area contributed by atoms with E-state index in [2.05, 4.69) is 5.32 Å². The Balaban J connectivity index is 2.27. The first-order valence-corrected chi connectivity index (χ1v) is 6.05. The molecular weight excluding hydrogens is 256 g/mol. The predicted molar refractivity (Wildman–Crippen MR) is 78.2 cm³/mol. The van der Waals surface area contributed by atoms with Gasteiger partial charge in [0.25, 0.3) is 5.91 Å². The van der Waals surface area contributed by atoms with Crippen molar-refractivity contribution in [2.75, 3.05) is 18.2 Å². The van der Waals surface area contributed by atoms with Crippen LogP contribution in [-0.4, -0.2) is 18.1 Å². The van der Waals surface area contributed by atoms with Gasteiger partial charge in [0.15, 0.2) is 0 Å². The molecule has 0 aliphatic heterocycles. The van der Waals surface area contributed by atoms with Crippen LogP contribution in [0.2, 0.25) is 0 Å². The highest BCUT2D eigenvalue weighted by Gasteiger charge is 2.11. The standard InChI is InChI=1S/C15H16N2O3/c1-9-7-10(3-5-13(9)18)15(19)17-12-8-11(16)4-6-14(12)20-2/h3-8,18H,16H2,1-2H3,(H,17,19). The summed E-state index contributed by atoms with van der Waals surface area (Å²) in [7, 11) is 1.52. The van der Waals surface area contributed by atoms with E-state index < -0.39 is 0 Å². The Morgan fingerprint density at radius 2 is 2.00 bits per heavy atom. The third kappa shape index (κ3) is 2.83. The van der Waals surface area contributed by atoms with E-state index in [1.165, 1.54) is 13.2 Å². The maximum Gasteiger partial charge on any atom is 0.255 e. The molecule has 2 aromatic rings. The lowest BCUT2D eigenvalue weighted by molar-refractivity contribution is 0.102. The average Bonchev–Trinajstić information content (AvgIpc) is 2.42. The van der Waals surface area contributed by atoms with Crippen LogP contribution in [0.15, 0.2) is 36.4 Å². The maximum absolute atomic E-state index is 12.2. The Bertz CT molecular complexity index is 654. The molecule has 0 aromatic heterocycles. The molecule has 4 N–H and O–H groups in total. The van der Waals surface area contributed by atoms with Crippen LogP contribution in [0.1, 0.15) is 15.9 Å². The Morgan fingerprint density at radius 3 is 2.65 bits per heavy atom. The second-order valence-corrected chi connectivity index (χ2v) is 4.42. The molecule has 20 heavy (non-hydrogen) atoms.